The predicted octanol–water partition coefficient (Wildman–Crippen LogP) is 2.74. The Morgan fingerprint density at radius 2 is 2.13 bits per heavy atom. The molecule has 1 aliphatic rings. The fourth-order valence-corrected chi connectivity index (χ4v) is 2.06. The van der Waals surface area contributed by atoms with Crippen LogP contribution in [0.2, 0.25) is 0 Å². The molecular weight excluding hydrogens is 188 g/mol. The van der Waals surface area contributed by atoms with Crippen LogP contribution in [0, 0.1) is 5.41 Å². The number of hydrogen-bond donors (Lipinski definition) is 0. The molecule has 80 valence electrons. The van der Waals surface area contributed by atoms with Crippen LogP contribution in [-0.2, 0) is 9.53 Å². The number of carbonyl (C=O) groups excluding carboxylic acids is 1. The minimum Gasteiger partial charge on any atom is -0.466 e. The van der Waals surface area contributed by atoms with Crippen molar-refractivity contribution in [1.82, 2.24) is 0 Å². The van der Waals surface area contributed by atoms with Crippen LogP contribution in [0.5, 0.6) is 0 Å². The third-order valence-electron chi connectivity index (χ3n) is 3.18. The van der Waals surface area contributed by atoms with Gasteiger partial charge in [-0.25, -0.2) is 0 Å². The fraction of sp³-hybridized carbons (Fsp3) is 0.462. The average Bonchev–Trinajstić information content (AvgIpc) is 2.94. The maximum absolute atomic E-state index is 11.7. The molecule has 15 heavy (non-hydrogen) atoms. The quantitative estimate of drug-likeness (QED) is 0.708. The lowest BCUT2D eigenvalue weighted by molar-refractivity contribution is -0.149. The van der Waals surface area contributed by atoms with Crippen molar-refractivity contribution < 1.29 is 9.53 Å². The maximum atomic E-state index is 11.7. The highest BCUT2D eigenvalue weighted by atomic mass is 16.5. The summed E-state index contributed by atoms with van der Waals surface area (Å²) in [4.78, 5) is 11.7. The summed E-state index contributed by atoms with van der Waals surface area (Å²) in [6, 6.07) is 10.2. The Hall–Kier alpha value is -1.31. The van der Waals surface area contributed by atoms with Crippen molar-refractivity contribution in [2.75, 3.05) is 6.61 Å². The lowest BCUT2D eigenvalue weighted by Gasteiger charge is -2.09. The van der Waals surface area contributed by atoms with Crippen LogP contribution in [0.3, 0.4) is 0 Å². The summed E-state index contributed by atoms with van der Waals surface area (Å²) < 4.78 is 5.08. The SMILES string of the molecule is CCOC(=O)C1(C)CC1c1ccccc1. The van der Waals surface area contributed by atoms with Gasteiger partial charge in [0.05, 0.1) is 12.0 Å². The Morgan fingerprint density at radius 3 is 2.73 bits per heavy atom. The number of benzene rings is 1. The van der Waals surface area contributed by atoms with Crippen LogP contribution in [0.25, 0.3) is 0 Å². The highest BCUT2D eigenvalue weighted by molar-refractivity contribution is 5.81. The van der Waals surface area contributed by atoms with Gasteiger partial charge in [0, 0.05) is 5.92 Å². The van der Waals surface area contributed by atoms with Gasteiger partial charge in [-0.3, -0.25) is 4.79 Å². The van der Waals surface area contributed by atoms with E-state index in [0.29, 0.717) is 12.5 Å². The molecule has 1 fully saturated rings. The zero-order chi connectivity index (χ0) is 10.9. The first kappa shape index (κ1) is 10.2. The monoisotopic (exact) mass is 204 g/mol. The van der Waals surface area contributed by atoms with Crippen molar-refractivity contribution in [3.63, 3.8) is 0 Å². The van der Waals surface area contributed by atoms with Crippen LogP contribution >= 0.6 is 0 Å². The molecule has 0 aliphatic heterocycles. The molecule has 0 amide bonds. The highest BCUT2D eigenvalue weighted by Crippen LogP contribution is 2.59. The zero-order valence-corrected chi connectivity index (χ0v) is 9.19. The van der Waals surface area contributed by atoms with E-state index in [-0.39, 0.29) is 11.4 Å². The minimum absolute atomic E-state index is 0.0566. The Kier molecular flexibility index (Phi) is 2.51. The summed E-state index contributed by atoms with van der Waals surface area (Å²) in [6.07, 6.45) is 0.913. The van der Waals surface area contributed by atoms with Gasteiger partial charge in [0.25, 0.3) is 0 Å². The number of rotatable bonds is 3. The normalized spacial score (nSPS) is 28.5. The van der Waals surface area contributed by atoms with E-state index < -0.39 is 0 Å². The second-order valence-corrected chi connectivity index (χ2v) is 4.31. The molecular formula is C13H16O2. The molecule has 1 aliphatic carbocycles. The first-order valence-electron chi connectivity index (χ1n) is 5.40. The van der Waals surface area contributed by atoms with Gasteiger partial charge in [0.1, 0.15) is 0 Å². The smallest absolute Gasteiger partial charge is 0.312 e. The molecule has 0 heterocycles. The van der Waals surface area contributed by atoms with E-state index in [1.165, 1.54) is 5.56 Å². The van der Waals surface area contributed by atoms with Crippen molar-refractivity contribution in [2.24, 2.45) is 5.41 Å². The van der Waals surface area contributed by atoms with Gasteiger partial charge in [-0.2, -0.15) is 0 Å². The van der Waals surface area contributed by atoms with Crippen LogP contribution in [0.15, 0.2) is 30.3 Å². The molecule has 1 aromatic carbocycles. The molecule has 2 atom stereocenters. The second kappa shape index (κ2) is 3.69. The molecule has 1 saturated carbocycles. The van der Waals surface area contributed by atoms with E-state index in [1.807, 2.05) is 32.0 Å². The number of carbonyl (C=O) groups is 1. The van der Waals surface area contributed by atoms with Gasteiger partial charge in [0.2, 0.25) is 0 Å². The van der Waals surface area contributed by atoms with Crippen molar-refractivity contribution in [3.8, 4) is 0 Å². The van der Waals surface area contributed by atoms with E-state index in [1.54, 1.807) is 0 Å². The summed E-state index contributed by atoms with van der Waals surface area (Å²) in [6.45, 7) is 4.31. The number of hydrogen-bond acceptors (Lipinski definition) is 2. The van der Waals surface area contributed by atoms with Gasteiger partial charge in [-0.15, -0.1) is 0 Å². The molecule has 0 N–H and O–H groups in total. The maximum Gasteiger partial charge on any atom is 0.312 e. The van der Waals surface area contributed by atoms with Crippen molar-refractivity contribution >= 4 is 5.97 Å². The third-order valence-corrected chi connectivity index (χ3v) is 3.18. The number of ether oxygens (including phenoxy) is 1. The molecule has 0 radical (unpaired) electrons. The van der Waals surface area contributed by atoms with Crippen LogP contribution in [0.1, 0.15) is 31.7 Å². The van der Waals surface area contributed by atoms with Gasteiger partial charge in [0.15, 0.2) is 0 Å². The van der Waals surface area contributed by atoms with Crippen molar-refractivity contribution in [3.05, 3.63) is 35.9 Å². The molecule has 0 aromatic heterocycles. The fourth-order valence-electron chi connectivity index (χ4n) is 2.06. The molecule has 2 heteroatoms. The first-order valence-corrected chi connectivity index (χ1v) is 5.40. The van der Waals surface area contributed by atoms with Crippen molar-refractivity contribution in [1.29, 1.82) is 0 Å². The molecule has 2 nitrogen and oxygen atoms in total. The Labute approximate surface area is 90.3 Å². The van der Waals surface area contributed by atoms with E-state index in [9.17, 15) is 4.79 Å². The largest absolute Gasteiger partial charge is 0.466 e. The van der Waals surface area contributed by atoms with E-state index in [2.05, 4.69) is 12.1 Å². The summed E-state index contributed by atoms with van der Waals surface area (Å²) >= 11 is 0. The van der Waals surface area contributed by atoms with Crippen LogP contribution in [-0.4, -0.2) is 12.6 Å². The topological polar surface area (TPSA) is 26.3 Å². The number of esters is 1. The Balaban J connectivity index is 2.09. The van der Waals surface area contributed by atoms with Gasteiger partial charge < -0.3 is 4.74 Å². The predicted molar refractivity (Wildman–Crippen MR) is 58.5 cm³/mol. The van der Waals surface area contributed by atoms with Gasteiger partial charge >= 0.3 is 5.97 Å². The molecule has 2 rings (SSSR count). The second-order valence-electron chi connectivity index (χ2n) is 4.31. The van der Waals surface area contributed by atoms with Gasteiger partial charge in [-0.1, -0.05) is 30.3 Å². The van der Waals surface area contributed by atoms with E-state index >= 15 is 0 Å². The summed E-state index contributed by atoms with van der Waals surface area (Å²) in [7, 11) is 0. The third kappa shape index (κ3) is 1.76. The summed E-state index contributed by atoms with van der Waals surface area (Å²) in [5, 5.41) is 0. The molecule has 1 aromatic rings. The summed E-state index contributed by atoms with van der Waals surface area (Å²) in [5.41, 5.74) is 0.963. The Bertz CT molecular complexity index is 358. The minimum atomic E-state index is -0.280. The molecule has 2 unspecified atom stereocenters. The highest BCUT2D eigenvalue weighted by Gasteiger charge is 2.57. The Morgan fingerprint density at radius 1 is 1.47 bits per heavy atom. The summed E-state index contributed by atoms with van der Waals surface area (Å²) in [5.74, 6) is 0.289. The van der Waals surface area contributed by atoms with E-state index in [4.69, 9.17) is 4.74 Å². The molecule has 0 spiro atoms. The zero-order valence-electron chi connectivity index (χ0n) is 9.19. The van der Waals surface area contributed by atoms with Gasteiger partial charge in [-0.05, 0) is 25.8 Å². The first-order chi connectivity index (χ1) is 7.18. The van der Waals surface area contributed by atoms with E-state index in [0.717, 1.165) is 6.42 Å². The standard InChI is InChI=1S/C13H16O2/c1-3-15-12(14)13(2)9-11(13)10-7-5-4-6-8-10/h4-8,11H,3,9H2,1-2H3. The lowest BCUT2D eigenvalue weighted by Crippen LogP contribution is -2.17. The van der Waals surface area contributed by atoms with Crippen LogP contribution in [0.4, 0.5) is 0 Å². The average molecular weight is 204 g/mol. The van der Waals surface area contributed by atoms with Crippen LogP contribution < -0.4 is 0 Å². The molecule has 0 bridgehead atoms. The molecule has 0 saturated heterocycles. The lowest BCUT2D eigenvalue weighted by atomic mass is 10.0. The van der Waals surface area contributed by atoms with Crippen molar-refractivity contribution in [2.45, 2.75) is 26.2 Å².